The number of anilines is 1. The minimum Gasteiger partial charge on any atom is -0.494 e. The largest absolute Gasteiger partial charge is 0.494 e. The van der Waals surface area contributed by atoms with Crippen LogP contribution in [0.15, 0.2) is 76.1 Å². The molecule has 0 saturated heterocycles. The number of carbonyl (C=O) groups is 2. The summed E-state index contributed by atoms with van der Waals surface area (Å²) in [6.45, 7) is 7.32. The van der Waals surface area contributed by atoms with Gasteiger partial charge < -0.3 is 15.0 Å². The van der Waals surface area contributed by atoms with E-state index in [0.29, 0.717) is 45.3 Å². The molecule has 0 aromatic heterocycles. The first-order valence-corrected chi connectivity index (χ1v) is 16.9. The molecule has 0 bridgehead atoms. The summed E-state index contributed by atoms with van der Waals surface area (Å²) < 4.78 is 35.3. The van der Waals surface area contributed by atoms with Gasteiger partial charge in [0.05, 0.1) is 17.2 Å². The number of rotatable bonds is 14. The van der Waals surface area contributed by atoms with E-state index in [0.717, 1.165) is 4.31 Å². The Bertz CT molecular complexity index is 1500. The van der Waals surface area contributed by atoms with Gasteiger partial charge in [-0.15, -0.1) is 0 Å². The lowest BCUT2D eigenvalue weighted by atomic mass is 10.1. The van der Waals surface area contributed by atoms with E-state index < -0.39 is 28.5 Å². The zero-order valence-corrected chi connectivity index (χ0v) is 28.4. The Morgan fingerprint density at radius 1 is 0.953 bits per heavy atom. The van der Waals surface area contributed by atoms with E-state index in [1.54, 1.807) is 61.5 Å². The van der Waals surface area contributed by atoms with Crippen LogP contribution in [0.5, 0.6) is 5.75 Å². The maximum absolute atomic E-state index is 14.2. The fraction of sp³-hybridized carbons (Fsp3) is 0.355. The van der Waals surface area contributed by atoms with Crippen molar-refractivity contribution in [1.82, 2.24) is 10.2 Å². The molecule has 0 aliphatic rings. The molecule has 0 aliphatic heterocycles. The Hall–Kier alpha value is -2.79. The predicted octanol–water partition coefficient (Wildman–Crippen LogP) is 7.07. The highest BCUT2D eigenvalue weighted by molar-refractivity contribution is 9.10. The van der Waals surface area contributed by atoms with Crippen LogP contribution in [0.2, 0.25) is 10.0 Å². The monoisotopic (exact) mass is 711 g/mol. The van der Waals surface area contributed by atoms with Crippen molar-refractivity contribution in [3.8, 4) is 5.75 Å². The molecule has 0 spiro atoms. The van der Waals surface area contributed by atoms with Gasteiger partial charge in [-0.25, -0.2) is 8.42 Å². The first-order chi connectivity index (χ1) is 20.4. The van der Waals surface area contributed by atoms with Crippen LogP contribution >= 0.6 is 39.1 Å². The molecule has 12 heteroatoms. The number of benzene rings is 3. The van der Waals surface area contributed by atoms with Crippen molar-refractivity contribution in [2.75, 3.05) is 17.5 Å². The Morgan fingerprint density at radius 2 is 1.60 bits per heavy atom. The zero-order chi connectivity index (χ0) is 31.7. The molecule has 0 aliphatic carbocycles. The van der Waals surface area contributed by atoms with Crippen molar-refractivity contribution in [2.24, 2.45) is 0 Å². The van der Waals surface area contributed by atoms with Crippen molar-refractivity contribution < 1.29 is 22.7 Å². The standard InChI is InChI=1S/C31H36BrCl2N3O5S/c1-5-21(4)35-31(39)29(6-2)36(19-22-8-11-24(33)18-28(22)34)30(38)20-37(25-12-14-26(15-13-25)42-7-3)43(40,41)27-16-9-23(32)10-17-27/h8-18,21,29H,5-7,19-20H2,1-4H3,(H,35,39)/t21-,29+/m1/s1. The molecule has 0 saturated carbocycles. The predicted molar refractivity (Wildman–Crippen MR) is 175 cm³/mol. The third kappa shape index (κ3) is 9.11. The van der Waals surface area contributed by atoms with Crippen molar-refractivity contribution in [2.45, 2.75) is 64.1 Å². The molecule has 0 fully saturated rings. The number of ether oxygens (including phenoxy) is 1. The van der Waals surface area contributed by atoms with E-state index in [9.17, 15) is 18.0 Å². The quantitative estimate of drug-likeness (QED) is 0.193. The summed E-state index contributed by atoms with van der Waals surface area (Å²) in [5.74, 6) is -0.351. The average Bonchev–Trinajstić information content (AvgIpc) is 2.97. The Labute approximate surface area is 272 Å². The van der Waals surface area contributed by atoms with Crippen LogP contribution in [0.4, 0.5) is 5.69 Å². The van der Waals surface area contributed by atoms with E-state index in [1.807, 2.05) is 20.8 Å². The minimum absolute atomic E-state index is 0.00577. The molecular weight excluding hydrogens is 677 g/mol. The van der Waals surface area contributed by atoms with Gasteiger partial charge in [0.15, 0.2) is 0 Å². The van der Waals surface area contributed by atoms with Gasteiger partial charge in [-0.05, 0) is 92.9 Å². The van der Waals surface area contributed by atoms with E-state index in [1.165, 1.54) is 17.0 Å². The van der Waals surface area contributed by atoms with Crippen molar-refractivity contribution in [1.29, 1.82) is 0 Å². The van der Waals surface area contributed by atoms with Crippen LogP contribution in [0.3, 0.4) is 0 Å². The van der Waals surface area contributed by atoms with Gasteiger partial charge in [-0.1, -0.05) is 59.0 Å². The molecule has 232 valence electrons. The molecule has 43 heavy (non-hydrogen) atoms. The van der Waals surface area contributed by atoms with Crippen molar-refractivity contribution >= 4 is 66.7 Å². The van der Waals surface area contributed by atoms with E-state index in [4.69, 9.17) is 27.9 Å². The highest BCUT2D eigenvalue weighted by atomic mass is 79.9. The lowest BCUT2D eigenvalue weighted by molar-refractivity contribution is -0.140. The summed E-state index contributed by atoms with van der Waals surface area (Å²) in [7, 11) is -4.21. The smallest absolute Gasteiger partial charge is 0.264 e. The highest BCUT2D eigenvalue weighted by Crippen LogP contribution is 2.29. The summed E-state index contributed by atoms with van der Waals surface area (Å²) in [6, 6.07) is 16.5. The lowest BCUT2D eigenvalue weighted by Crippen LogP contribution is -2.53. The van der Waals surface area contributed by atoms with Crippen LogP contribution in [0, 0.1) is 0 Å². The molecule has 3 aromatic rings. The van der Waals surface area contributed by atoms with E-state index in [-0.39, 0.29) is 29.1 Å². The van der Waals surface area contributed by atoms with Crippen LogP contribution in [-0.4, -0.2) is 50.4 Å². The van der Waals surface area contributed by atoms with Gasteiger partial charge in [0.1, 0.15) is 18.3 Å². The molecule has 0 unspecified atom stereocenters. The van der Waals surface area contributed by atoms with Gasteiger partial charge in [0, 0.05) is 27.1 Å². The fourth-order valence-corrected chi connectivity index (χ4v) is 6.48. The molecule has 0 radical (unpaired) electrons. The number of hydrogen-bond donors (Lipinski definition) is 1. The van der Waals surface area contributed by atoms with Crippen molar-refractivity contribution in [3.63, 3.8) is 0 Å². The number of carbonyl (C=O) groups excluding carboxylic acids is 2. The second kappa shape index (κ2) is 15.8. The number of halogens is 3. The Morgan fingerprint density at radius 3 is 2.16 bits per heavy atom. The number of nitrogens with one attached hydrogen (secondary N) is 1. The number of amides is 2. The van der Waals surface area contributed by atoms with Crippen molar-refractivity contribution in [3.05, 3.63) is 86.8 Å². The molecule has 8 nitrogen and oxygen atoms in total. The van der Waals surface area contributed by atoms with Crippen LogP contribution in [0.25, 0.3) is 0 Å². The second-order valence-electron chi connectivity index (χ2n) is 9.89. The minimum atomic E-state index is -4.21. The number of hydrogen-bond acceptors (Lipinski definition) is 5. The number of nitrogens with zero attached hydrogens (tertiary/aromatic N) is 2. The summed E-state index contributed by atoms with van der Waals surface area (Å²) >= 11 is 15.9. The summed E-state index contributed by atoms with van der Waals surface area (Å²) in [5.41, 5.74) is 0.832. The lowest BCUT2D eigenvalue weighted by Gasteiger charge is -2.34. The van der Waals surface area contributed by atoms with Gasteiger partial charge in [-0.3, -0.25) is 13.9 Å². The van der Waals surface area contributed by atoms with Gasteiger partial charge in [-0.2, -0.15) is 0 Å². The summed E-state index contributed by atoms with van der Waals surface area (Å²) in [5, 5.41) is 3.71. The van der Waals surface area contributed by atoms with Crippen LogP contribution in [0.1, 0.15) is 46.1 Å². The molecule has 0 heterocycles. The van der Waals surface area contributed by atoms with E-state index in [2.05, 4.69) is 21.2 Å². The molecule has 3 aromatic carbocycles. The molecule has 2 atom stereocenters. The normalized spacial score (nSPS) is 12.7. The first kappa shape index (κ1) is 34.7. The summed E-state index contributed by atoms with van der Waals surface area (Å²) in [4.78, 5) is 29.0. The third-order valence-corrected chi connectivity index (χ3v) is 9.76. The van der Waals surface area contributed by atoms with Crippen LogP contribution < -0.4 is 14.4 Å². The topological polar surface area (TPSA) is 96.0 Å². The first-order valence-electron chi connectivity index (χ1n) is 14.0. The Balaban J connectivity index is 2.08. The highest BCUT2D eigenvalue weighted by Gasteiger charge is 2.34. The zero-order valence-electron chi connectivity index (χ0n) is 24.5. The SMILES string of the molecule is CCOc1ccc(N(CC(=O)N(Cc2ccc(Cl)cc2Cl)[C@@H](CC)C(=O)N[C@H](C)CC)S(=O)(=O)c2ccc(Br)cc2)cc1. The molecule has 3 rings (SSSR count). The van der Waals surface area contributed by atoms with Gasteiger partial charge in [0.2, 0.25) is 11.8 Å². The third-order valence-electron chi connectivity index (χ3n) is 6.86. The maximum atomic E-state index is 14.2. The average molecular weight is 714 g/mol. The molecular formula is C31H36BrCl2N3O5S. The molecule has 2 amide bonds. The Kier molecular flexibility index (Phi) is 12.7. The van der Waals surface area contributed by atoms with Gasteiger partial charge in [0.25, 0.3) is 10.0 Å². The number of sulfonamides is 1. The fourth-order valence-electron chi connectivity index (χ4n) is 4.33. The van der Waals surface area contributed by atoms with E-state index >= 15 is 0 Å². The molecule has 1 N–H and O–H groups in total. The maximum Gasteiger partial charge on any atom is 0.264 e. The van der Waals surface area contributed by atoms with Gasteiger partial charge >= 0.3 is 0 Å². The summed E-state index contributed by atoms with van der Waals surface area (Å²) in [6.07, 6.45) is 0.998. The van der Waals surface area contributed by atoms with Crippen LogP contribution in [-0.2, 0) is 26.2 Å². The second-order valence-corrected chi connectivity index (χ2v) is 13.5.